The third kappa shape index (κ3) is 1.81. The number of nitrogens with zero attached hydrogens (tertiary/aromatic N) is 4. The first-order valence-electron chi connectivity index (χ1n) is 5.14. The van der Waals surface area contributed by atoms with E-state index in [-0.39, 0.29) is 22.8 Å². The Kier molecular flexibility index (Phi) is 3.05. The summed E-state index contributed by atoms with van der Waals surface area (Å²) in [5, 5.41) is 16.0. The molecule has 1 aromatic rings. The van der Waals surface area contributed by atoms with E-state index in [9.17, 15) is 0 Å². The molecule has 0 radical (unpaired) electrons. The number of fused-ring (bicyclic) bond motifs is 1. The van der Waals surface area contributed by atoms with Gasteiger partial charge in [0.25, 0.3) is 11.4 Å². The van der Waals surface area contributed by atoms with Crippen molar-refractivity contribution in [3.8, 4) is 6.07 Å². The van der Waals surface area contributed by atoms with Gasteiger partial charge in [-0.1, -0.05) is 24.3 Å². The molecule has 0 unspecified atom stereocenters. The minimum Gasteiger partial charge on any atom is -0.271 e. The van der Waals surface area contributed by atoms with Crippen molar-refractivity contribution in [3.63, 3.8) is 0 Å². The second-order valence-electron chi connectivity index (χ2n) is 3.51. The molecule has 1 N–H and O–H groups in total. The van der Waals surface area contributed by atoms with E-state index in [1.165, 1.54) is 0 Å². The molecule has 0 saturated heterocycles. The predicted octanol–water partition coefficient (Wildman–Crippen LogP) is 2.65. The summed E-state index contributed by atoms with van der Waals surface area (Å²) in [7, 11) is 0. The number of hydrogen-bond donors (Lipinski definition) is 1. The van der Waals surface area contributed by atoms with Crippen LogP contribution in [0.4, 0.5) is 0 Å². The van der Waals surface area contributed by atoms with Gasteiger partial charge in [-0.3, -0.25) is 10.4 Å². The van der Waals surface area contributed by atoms with Gasteiger partial charge in [-0.05, 0) is 17.0 Å². The summed E-state index contributed by atoms with van der Waals surface area (Å²) in [5.74, 6) is 2.03. The average molecular weight is 243 g/mol. The number of aliphatic imine (C=N–C) groups is 1. The van der Waals surface area contributed by atoms with Crippen LogP contribution in [0.25, 0.3) is 15.4 Å². The number of benzene rings is 1. The SMILES string of the molecule is [C-]#[N+]C(=C=N)C1=N/C(=C(\C#N)[N+]#[C-])c2ccccc21. The van der Waals surface area contributed by atoms with Crippen molar-refractivity contribution in [1.29, 1.82) is 10.7 Å². The van der Waals surface area contributed by atoms with Crippen LogP contribution < -0.4 is 0 Å². The summed E-state index contributed by atoms with van der Waals surface area (Å²) in [6, 6.07) is 8.80. The molecule has 0 saturated carbocycles. The third-order valence-corrected chi connectivity index (χ3v) is 2.56. The van der Waals surface area contributed by atoms with Gasteiger partial charge in [0.15, 0.2) is 0 Å². The van der Waals surface area contributed by atoms with E-state index in [1.807, 2.05) is 5.87 Å². The molecule has 0 aromatic heterocycles. The summed E-state index contributed by atoms with van der Waals surface area (Å²) in [6.45, 7) is 14.0. The van der Waals surface area contributed by atoms with Gasteiger partial charge in [0.05, 0.1) is 30.6 Å². The maximum Gasteiger partial charge on any atom is 0.287 e. The molecule has 1 aromatic carbocycles. The van der Waals surface area contributed by atoms with Gasteiger partial charge in [-0.25, -0.2) is 15.0 Å². The summed E-state index contributed by atoms with van der Waals surface area (Å²) < 4.78 is 0. The van der Waals surface area contributed by atoms with Crippen LogP contribution in [-0.4, -0.2) is 11.6 Å². The Bertz CT molecular complexity index is 783. The van der Waals surface area contributed by atoms with Crippen molar-refractivity contribution in [2.45, 2.75) is 0 Å². The Labute approximate surface area is 109 Å². The van der Waals surface area contributed by atoms with E-state index >= 15 is 0 Å². The Balaban J connectivity index is 2.82. The highest BCUT2D eigenvalue weighted by Crippen LogP contribution is 2.33. The standard InChI is InChI=1S/C14H5N5/c1-17-11(7-15)13-9-5-3-4-6-10(9)14(19-13)12(8-16)18-2/h3-6,15H/b14-12+. The molecule has 1 heterocycles. The summed E-state index contributed by atoms with van der Waals surface area (Å²) in [5.41, 5.74) is 1.63. The largest absolute Gasteiger partial charge is 0.287 e. The summed E-state index contributed by atoms with van der Waals surface area (Å²) in [4.78, 5) is 10.5. The molecule has 0 atom stereocenters. The van der Waals surface area contributed by atoms with Crippen molar-refractivity contribution < 1.29 is 0 Å². The highest BCUT2D eigenvalue weighted by atomic mass is 14.9. The third-order valence-electron chi connectivity index (χ3n) is 2.56. The number of nitriles is 1. The van der Waals surface area contributed by atoms with E-state index in [0.717, 1.165) is 0 Å². The summed E-state index contributed by atoms with van der Waals surface area (Å²) in [6.07, 6.45) is 0. The molecule has 0 aliphatic carbocycles. The molecule has 19 heavy (non-hydrogen) atoms. The normalized spacial score (nSPS) is 14.1. The maximum atomic E-state index is 8.94. The first-order chi connectivity index (χ1) is 9.26. The second-order valence-corrected chi connectivity index (χ2v) is 3.51. The lowest BCUT2D eigenvalue weighted by atomic mass is 10.0. The van der Waals surface area contributed by atoms with Gasteiger partial charge < -0.3 is 0 Å². The fraction of sp³-hybridized carbons (Fsp3) is 0. The molecule has 0 spiro atoms. The van der Waals surface area contributed by atoms with E-state index in [2.05, 4.69) is 14.7 Å². The zero-order valence-corrected chi connectivity index (χ0v) is 9.60. The first kappa shape index (κ1) is 12.0. The number of rotatable bonds is 1. The molecular formula is C14H5N5. The van der Waals surface area contributed by atoms with E-state index < -0.39 is 0 Å². The van der Waals surface area contributed by atoms with Crippen LogP contribution in [0.15, 0.2) is 40.7 Å². The predicted molar refractivity (Wildman–Crippen MR) is 70.0 cm³/mol. The Morgan fingerprint density at radius 3 is 2.42 bits per heavy atom. The molecule has 0 bridgehead atoms. The maximum absolute atomic E-state index is 8.94. The molecule has 0 fully saturated rings. The monoisotopic (exact) mass is 243 g/mol. The van der Waals surface area contributed by atoms with Crippen LogP contribution in [0.1, 0.15) is 11.1 Å². The highest BCUT2D eigenvalue weighted by Gasteiger charge is 2.25. The lowest BCUT2D eigenvalue weighted by Crippen LogP contribution is -1.99. The lowest BCUT2D eigenvalue weighted by Gasteiger charge is -1.99. The average Bonchev–Trinajstić information content (AvgIpc) is 2.82. The van der Waals surface area contributed by atoms with Crippen molar-refractivity contribution >= 4 is 17.3 Å². The smallest absolute Gasteiger partial charge is 0.271 e. The van der Waals surface area contributed by atoms with Crippen LogP contribution in [0.2, 0.25) is 0 Å². The van der Waals surface area contributed by atoms with E-state index in [4.69, 9.17) is 23.8 Å². The van der Waals surface area contributed by atoms with Gasteiger partial charge in [-0.15, -0.1) is 0 Å². The molecule has 0 amide bonds. The van der Waals surface area contributed by atoms with Gasteiger partial charge in [0, 0.05) is 0 Å². The second kappa shape index (κ2) is 4.82. The summed E-state index contributed by atoms with van der Waals surface area (Å²) >= 11 is 0. The topological polar surface area (TPSA) is 68.7 Å². The minimum atomic E-state index is -0.128. The Hall–Kier alpha value is -3.45. The quantitative estimate of drug-likeness (QED) is 0.460. The zero-order valence-electron chi connectivity index (χ0n) is 9.60. The lowest BCUT2D eigenvalue weighted by molar-refractivity contribution is 1.47. The molecule has 1 aliphatic heterocycles. The van der Waals surface area contributed by atoms with Gasteiger partial charge in [0.1, 0.15) is 0 Å². The molecule has 1 aliphatic rings. The van der Waals surface area contributed by atoms with Crippen LogP contribution >= 0.6 is 0 Å². The van der Waals surface area contributed by atoms with Crippen LogP contribution in [0.3, 0.4) is 0 Å². The number of allylic oxidation sites excluding steroid dienone is 2. The van der Waals surface area contributed by atoms with Gasteiger partial charge >= 0.3 is 0 Å². The number of nitrogens with one attached hydrogen (secondary N) is 1. The van der Waals surface area contributed by atoms with Crippen LogP contribution in [-0.2, 0) is 0 Å². The fourth-order valence-electron chi connectivity index (χ4n) is 1.76. The van der Waals surface area contributed by atoms with Crippen molar-refractivity contribution in [2.24, 2.45) is 4.99 Å². The molecule has 5 heteroatoms. The number of hydrogen-bond acceptors (Lipinski definition) is 3. The van der Waals surface area contributed by atoms with E-state index in [0.29, 0.717) is 11.1 Å². The Morgan fingerprint density at radius 1 is 1.21 bits per heavy atom. The van der Waals surface area contributed by atoms with E-state index in [1.54, 1.807) is 30.3 Å². The minimum absolute atomic E-state index is 0.0373. The molecule has 5 nitrogen and oxygen atoms in total. The zero-order chi connectivity index (χ0) is 13.8. The van der Waals surface area contributed by atoms with Gasteiger partial charge in [0.2, 0.25) is 0 Å². The fourth-order valence-corrected chi connectivity index (χ4v) is 1.76. The molecular weight excluding hydrogens is 238 g/mol. The van der Waals surface area contributed by atoms with Gasteiger partial charge in [-0.2, -0.15) is 0 Å². The van der Waals surface area contributed by atoms with Crippen LogP contribution in [0, 0.1) is 29.9 Å². The van der Waals surface area contributed by atoms with Crippen LogP contribution in [0.5, 0.6) is 0 Å². The molecule has 86 valence electrons. The van der Waals surface area contributed by atoms with Crippen molar-refractivity contribution in [2.75, 3.05) is 0 Å². The van der Waals surface area contributed by atoms with Crippen molar-refractivity contribution in [1.82, 2.24) is 0 Å². The van der Waals surface area contributed by atoms with Crippen molar-refractivity contribution in [3.05, 3.63) is 69.6 Å². The Morgan fingerprint density at radius 2 is 1.89 bits per heavy atom. The highest BCUT2D eigenvalue weighted by molar-refractivity contribution is 6.24. The first-order valence-corrected chi connectivity index (χ1v) is 5.14. The molecule has 2 rings (SSSR count).